The van der Waals surface area contributed by atoms with Gasteiger partial charge in [0.25, 0.3) is 5.95 Å². The van der Waals surface area contributed by atoms with Gasteiger partial charge < -0.3 is 14.2 Å². The van der Waals surface area contributed by atoms with Gasteiger partial charge in [0, 0.05) is 6.20 Å². The third-order valence-electron chi connectivity index (χ3n) is 4.86. The van der Waals surface area contributed by atoms with E-state index in [9.17, 15) is 4.79 Å². The summed E-state index contributed by atoms with van der Waals surface area (Å²) in [6.45, 7) is 4.06. The van der Waals surface area contributed by atoms with Crippen LogP contribution in [0.3, 0.4) is 0 Å². The quantitative estimate of drug-likeness (QED) is 0.419. The minimum absolute atomic E-state index is 0.0909. The highest BCUT2D eigenvalue weighted by molar-refractivity contribution is 5.88. The van der Waals surface area contributed by atoms with Crippen molar-refractivity contribution < 1.29 is 19.0 Å². The molecule has 3 heterocycles. The van der Waals surface area contributed by atoms with Gasteiger partial charge in [0.05, 0.1) is 44.8 Å². The second-order valence-electron chi connectivity index (χ2n) is 6.70. The van der Waals surface area contributed by atoms with Crippen LogP contribution < -0.4 is 9.47 Å². The highest BCUT2D eigenvalue weighted by Gasteiger charge is 2.20. The Morgan fingerprint density at radius 1 is 1.06 bits per heavy atom. The number of methoxy groups -OCH3 is 2. The standard InChI is InChI=1S/C21H22N6O4/c1-5-31-20(28)15-10-22-26(12-15)21-24-17-11-23-27(18(17)19(25-21)30-4)13(2)14-6-8-16(29-3)9-7-14/h6-13H,5H2,1-4H3/t13-/m0/s1. The third kappa shape index (κ3) is 3.79. The Labute approximate surface area is 178 Å². The zero-order valence-electron chi connectivity index (χ0n) is 17.6. The molecule has 0 amide bonds. The molecule has 1 aromatic carbocycles. The van der Waals surface area contributed by atoms with Gasteiger partial charge in [-0.3, -0.25) is 4.68 Å². The van der Waals surface area contributed by atoms with Crippen molar-refractivity contribution in [2.45, 2.75) is 19.9 Å². The van der Waals surface area contributed by atoms with Crippen molar-refractivity contribution in [3.63, 3.8) is 0 Å². The van der Waals surface area contributed by atoms with Crippen LogP contribution in [-0.2, 0) is 4.74 Å². The fraction of sp³-hybridized carbons (Fsp3) is 0.286. The minimum atomic E-state index is -0.456. The Hall–Kier alpha value is -3.95. The molecule has 4 aromatic rings. The molecule has 0 aliphatic heterocycles. The van der Waals surface area contributed by atoms with Gasteiger partial charge in [0.2, 0.25) is 5.88 Å². The third-order valence-corrected chi connectivity index (χ3v) is 4.86. The van der Waals surface area contributed by atoms with Crippen LogP contribution in [0.5, 0.6) is 11.6 Å². The molecule has 4 rings (SSSR count). The van der Waals surface area contributed by atoms with Crippen molar-refractivity contribution in [2.24, 2.45) is 0 Å². The lowest BCUT2D eigenvalue weighted by Gasteiger charge is -2.15. The largest absolute Gasteiger partial charge is 0.497 e. The molecule has 0 N–H and O–H groups in total. The topological polar surface area (TPSA) is 106 Å². The number of carbonyl (C=O) groups excluding carboxylic acids is 1. The first-order chi connectivity index (χ1) is 15.0. The van der Waals surface area contributed by atoms with E-state index in [0.29, 0.717) is 22.5 Å². The highest BCUT2D eigenvalue weighted by atomic mass is 16.5. The Bertz CT molecular complexity index is 1210. The molecule has 0 saturated carbocycles. The number of esters is 1. The van der Waals surface area contributed by atoms with Crippen molar-refractivity contribution in [3.8, 4) is 17.6 Å². The molecule has 0 fully saturated rings. The fourth-order valence-electron chi connectivity index (χ4n) is 3.23. The normalized spacial score (nSPS) is 12.0. The SMILES string of the molecule is CCOC(=O)c1cnn(-c2nc(OC)c3c(cnn3[C@@H](C)c3ccc(OC)cc3)n2)c1. The van der Waals surface area contributed by atoms with Crippen LogP contribution in [0.15, 0.2) is 42.9 Å². The molecule has 0 aliphatic carbocycles. The van der Waals surface area contributed by atoms with Crippen LogP contribution in [0.1, 0.15) is 35.8 Å². The van der Waals surface area contributed by atoms with Crippen LogP contribution in [0.4, 0.5) is 0 Å². The molecule has 31 heavy (non-hydrogen) atoms. The molecular weight excluding hydrogens is 400 g/mol. The summed E-state index contributed by atoms with van der Waals surface area (Å²) in [6.07, 6.45) is 4.58. The van der Waals surface area contributed by atoms with E-state index in [2.05, 4.69) is 20.2 Å². The van der Waals surface area contributed by atoms with Crippen molar-refractivity contribution in [1.29, 1.82) is 0 Å². The average Bonchev–Trinajstić information content (AvgIpc) is 3.46. The maximum atomic E-state index is 11.9. The Morgan fingerprint density at radius 3 is 2.52 bits per heavy atom. The number of hydrogen-bond acceptors (Lipinski definition) is 8. The zero-order chi connectivity index (χ0) is 22.0. The number of fused-ring (bicyclic) bond motifs is 1. The monoisotopic (exact) mass is 422 g/mol. The number of nitrogens with zero attached hydrogens (tertiary/aromatic N) is 6. The van der Waals surface area contributed by atoms with Crippen LogP contribution in [-0.4, -0.2) is 56.3 Å². The van der Waals surface area contributed by atoms with Crippen LogP contribution in [0, 0.1) is 0 Å². The summed E-state index contributed by atoms with van der Waals surface area (Å²) in [6, 6.07) is 7.69. The van der Waals surface area contributed by atoms with E-state index in [-0.39, 0.29) is 18.6 Å². The van der Waals surface area contributed by atoms with Crippen molar-refractivity contribution in [2.75, 3.05) is 20.8 Å². The smallest absolute Gasteiger partial charge is 0.341 e. The van der Waals surface area contributed by atoms with E-state index in [1.54, 1.807) is 20.2 Å². The van der Waals surface area contributed by atoms with E-state index < -0.39 is 5.97 Å². The molecule has 0 aliphatic rings. The van der Waals surface area contributed by atoms with Crippen LogP contribution in [0.2, 0.25) is 0 Å². The molecule has 0 unspecified atom stereocenters. The van der Waals surface area contributed by atoms with Gasteiger partial charge in [0.1, 0.15) is 16.8 Å². The molecule has 3 aromatic heterocycles. The van der Waals surface area contributed by atoms with Gasteiger partial charge in [-0.1, -0.05) is 12.1 Å². The number of rotatable bonds is 7. The van der Waals surface area contributed by atoms with E-state index in [1.165, 1.54) is 24.2 Å². The molecule has 0 spiro atoms. The van der Waals surface area contributed by atoms with Gasteiger partial charge in [-0.05, 0) is 31.5 Å². The summed E-state index contributed by atoms with van der Waals surface area (Å²) in [7, 11) is 3.17. The maximum Gasteiger partial charge on any atom is 0.341 e. The van der Waals surface area contributed by atoms with Gasteiger partial charge in [-0.25, -0.2) is 14.5 Å². The summed E-state index contributed by atoms with van der Waals surface area (Å²) in [4.78, 5) is 20.9. The van der Waals surface area contributed by atoms with E-state index >= 15 is 0 Å². The Balaban J connectivity index is 1.72. The highest BCUT2D eigenvalue weighted by Crippen LogP contribution is 2.29. The lowest BCUT2D eigenvalue weighted by molar-refractivity contribution is 0.0526. The van der Waals surface area contributed by atoms with E-state index in [0.717, 1.165) is 11.3 Å². The fourth-order valence-corrected chi connectivity index (χ4v) is 3.23. The summed E-state index contributed by atoms with van der Waals surface area (Å²) >= 11 is 0. The minimum Gasteiger partial charge on any atom is -0.497 e. The van der Waals surface area contributed by atoms with Crippen molar-refractivity contribution >= 4 is 17.0 Å². The van der Waals surface area contributed by atoms with Crippen molar-refractivity contribution in [3.05, 3.63) is 54.0 Å². The predicted molar refractivity (Wildman–Crippen MR) is 112 cm³/mol. The summed E-state index contributed by atoms with van der Waals surface area (Å²) in [5.74, 6) is 0.943. The molecule has 0 bridgehead atoms. The molecule has 0 radical (unpaired) electrons. The van der Waals surface area contributed by atoms with Gasteiger partial charge in [-0.2, -0.15) is 15.2 Å². The van der Waals surface area contributed by atoms with Gasteiger partial charge >= 0.3 is 5.97 Å². The first-order valence-electron chi connectivity index (χ1n) is 9.71. The van der Waals surface area contributed by atoms with Gasteiger partial charge in [-0.15, -0.1) is 0 Å². The molecule has 160 valence electrons. The second kappa shape index (κ2) is 8.42. The number of aromatic nitrogens is 6. The second-order valence-corrected chi connectivity index (χ2v) is 6.70. The van der Waals surface area contributed by atoms with E-state index in [4.69, 9.17) is 14.2 Å². The number of ether oxygens (including phenoxy) is 3. The lowest BCUT2D eigenvalue weighted by atomic mass is 10.1. The average molecular weight is 422 g/mol. The van der Waals surface area contributed by atoms with Crippen LogP contribution in [0.25, 0.3) is 17.0 Å². The van der Waals surface area contributed by atoms with Gasteiger partial charge in [0.15, 0.2) is 0 Å². The first-order valence-corrected chi connectivity index (χ1v) is 9.71. The number of benzene rings is 1. The zero-order valence-corrected chi connectivity index (χ0v) is 17.6. The molecular formula is C21H22N6O4. The van der Waals surface area contributed by atoms with Crippen molar-refractivity contribution in [1.82, 2.24) is 29.5 Å². The summed E-state index contributed by atoms with van der Waals surface area (Å²) in [5, 5.41) is 8.69. The molecule has 10 nitrogen and oxygen atoms in total. The molecule has 0 saturated heterocycles. The Kier molecular flexibility index (Phi) is 5.52. The molecule has 10 heteroatoms. The summed E-state index contributed by atoms with van der Waals surface area (Å²) in [5.41, 5.74) is 2.61. The Morgan fingerprint density at radius 2 is 1.84 bits per heavy atom. The summed E-state index contributed by atoms with van der Waals surface area (Å²) < 4.78 is 19.0. The number of hydrogen-bond donors (Lipinski definition) is 0. The molecule has 1 atom stereocenters. The first kappa shape index (κ1) is 20.3. The van der Waals surface area contributed by atoms with E-state index in [1.807, 2.05) is 35.9 Å². The lowest BCUT2D eigenvalue weighted by Crippen LogP contribution is -2.10. The predicted octanol–water partition coefficient (Wildman–Crippen LogP) is 2.82. The van der Waals surface area contributed by atoms with Crippen LogP contribution >= 0.6 is 0 Å². The maximum absolute atomic E-state index is 11.9. The number of carbonyl (C=O) groups is 1.